The number of hydrogen-bond acceptors (Lipinski definition) is 2. The van der Waals surface area contributed by atoms with Crippen molar-refractivity contribution >= 4 is 11.8 Å². The first-order chi connectivity index (χ1) is 8.22. The summed E-state index contributed by atoms with van der Waals surface area (Å²) in [5.74, 6) is 0.333. The number of hydrogen-bond donors (Lipinski definition) is 1. The van der Waals surface area contributed by atoms with Crippen molar-refractivity contribution in [2.24, 2.45) is 5.92 Å². The average molecular weight is 238 g/mol. The van der Waals surface area contributed by atoms with E-state index in [1.54, 1.807) is 0 Å². The Morgan fingerprint density at radius 2 is 2.00 bits per heavy atom. The fourth-order valence-corrected chi connectivity index (χ4v) is 2.51. The molecule has 0 unspecified atom stereocenters. The molecule has 4 nitrogen and oxygen atoms in total. The fourth-order valence-electron chi connectivity index (χ4n) is 2.51. The summed E-state index contributed by atoms with van der Waals surface area (Å²) in [5, 5.41) is 2.76. The molecule has 96 valence electrons. The third-order valence-electron chi connectivity index (χ3n) is 3.78. The molecule has 2 rings (SSSR count). The van der Waals surface area contributed by atoms with Crippen molar-refractivity contribution in [1.29, 1.82) is 0 Å². The molecule has 1 N–H and O–H groups in total. The van der Waals surface area contributed by atoms with Gasteiger partial charge >= 0.3 is 0 Å². The molecule has 2 amide bonds. The molecule has 2 aliphatic rings. The van der Waals surface area contributed by atoms with Crippen LogP contribution in [0.5, 0.6) is 0 Å². The zero-order chi connectivity index (χ0) is 12.3. The van der Waals surface area contributed by atoms with E-state index in [9.17, 15) is 9.59 Å². The number of amides is 2. The van der Waals surface area contributed by atoms with Crippen LogP contribution in [0.15, 0.2) is 0 Å². The van der Waals surface area contributed by atoms with Gasteiger partial charge < -0.3 is 10.2 Å². The van der Waals surface area contributed by atoms with Crippen LogP contribution in [0.3, 0.4) is 0 Å². The summed E-state index contributed by atoms with van der Waals surface area (Å²) in [7, 11) is 0. The van der Waals surface area contributed by atoms with Gasteiger partial charge in [0.15, 0.2) is 0 Å². The maximum Gasteiger partial charge on any atom is 0.242 e. The van der Waals surface area contributed by atoms with Crippen LogP contribution >= 0.6 is 0 Å². The molecule has 1 atom stereocenters. The summed E-state index contributed by atoms with van der Waals surface area (Å²) in [4.78, 5) is 25.4. The molecular weight excluding hydrogens is 216 g/mol. The van der Waals surface area contributed by atoms with E-state index in [2.05, 4.69) is 12.2 Å². The van der Waals surface area contributed by atoms with Crippen LogP contribution in [0, 0.1) is 5.92 Å². The summed E-state index contributed by atoms with van der Waals surface area (Å²) in [6.07, 6.45) is 6.42. The van der Waals surface area contributed by atoms with E-state index in [-0.39, 0.29) is 24.3 Å². The van der Waals surface area contributed by atoms with Gasteiger partial charge in [-0.15, -0.1) is 0 Å². The second kappa shape index (κ2) is 5.52. The molecule has 0 aromatic carbocycles. The van der Waals surface area contributed by atoms with Crippen LogP contribution in [0.1, 0.15) is 45.4 Å². The highest BCUT2D eigenvalue weighted by Gasteiger charge is 2.31. The zero-order valence-corrected chi connectivity index (χ0v) is 10.6. The Bertz CT molecular complexity index is 300. The van der Waals surface area contributed by atoms with Crippen molar-refractivity contribution in [3.05, 3.63) is 0 Å². The number of carbonyl (C=O) groups excluding carboxylic acids is 2. The van der Waals surface area contributed by atoms with Gasteiger partial charge in [0.25, 0.3) is 0 Å². The lowest BCUT2D eigenvalue weighted by atomic mass is 10.00. The summed E-state index contributed by atoms with van der Waals surface area (Å²) in [5.41, 5.74) is 0. The number of piperidine rings is 1. The average Bonchev–Trinajstić information content (AvgIpc) is 3.19. The van der Waals surface area contributed by atoms with Crippen LogP contribution < -0.4 is 5.32 Å². The molecule has 1 saturated carbocycles. The van der Waals surface area contributed by atoms with Crippen LogP contribution in [0.4, 0.5) is 0 Å². The van der Waals surface area contributed by atoms with Gasteiger partial charge in [-0.05, 0) is 38.5 Å². The second-order valence-electron chi connectivity index (χ2n) is 5.14. The largest absolute Gasteiger partial charge is 0.347 e. The highest BCUT2D eigenvalue weighted by Crippen LogP contribution is 2.28. The summed E-state index contributed by atoms with van der Waals surface area (Å²) in [6, 6.07) is 0.383. The number of nitrogens with one attached hydrogen (secondary N) is 1. The van der Waals surface area contributed by atoms with Crippen LogP contribution in [0.2, 0.25) is 0 Å². The molecule has 17 heavy (non-hydrogen) atoms. The molecule has 4 heteroatoms. The molecule has 0 spiro atoms. The highest BCUT2D eigenvalue weighted by molar-refractivity contribution is 5.87. The lowest BCUT2D eigenvalue weighted by molar-refractivity contribution is -0.136. The van der Waals surface area contributed by atoms with Gasteiger partial charge in [-0.2, -0.15) is 0 Å². The van der Waals surface area contributed by atoms with E-state index in [4.69, 9.17) is 0 Å². The number of rotatable bonds is 4. The number of likely N-dealkylation sites (tertiary alicyclic amines) is 1. The first-order valence-electron chi connectivity index (χ1n) is 6.79. The van der Waals surface area contributed by atoms with Crippen LogP contribution in [-0.4, -0.2) is 35.8 Å². The first-order valence-corrected chi connectivity index (χ1v) is 6.79. The summed E-state index contributed by atoms with van der Waals surface area (Å²) in [6.45, 7) is 3.17. The molecule has 1 saturated heterocycles. The Morgan fingerprint density at radius 3 is 2.65 bits per heavy atom. The second-order valence-corrected chi connectivity index (χ2v) is 5.14. The molecule has 0 radical (unpaired) electrons. The van der Waals surface area contributed by atoms with Crippen molar-refractivity contribution in [2.45, 2.75) is 51.5 Å². The van der Waals surface area contributed by atoms with Crippen molar-refractivity contribution in [3.8, 4) is 0 Å². The van der Waals surface area contributed by atoms with Gasteiger partial charge in [0.2, 0.25) is 11.8 Å². The van der Waals surface area contributed by atoms with E-state index >= 15 is 0 Å². The summed E-state index contributed by atoms with van der Waals surface area (Å²) >= 11 is 0. The van der Waals surface area contributed by atoms with Crippen LogP contribution in [-0.2, 0) is 9.59 Å². The SMILES string of the molecule is CC[C@@H]1CCCCN1C(=O)CNC(=O)C1CC1. The van der Waals surface area contributed by atoms with E-state index in [1.165, 1.54) is 6.42 Å². The standard InChI is InChI=1S/C13H22N2O2/c1-2-11-5-3-4-8-15(11)12(16)9-14-13(17)10-6-7-10/h10-11H,2-9H2,1H3,(H,14,17)/t11-/m1/s1. The summed E-state index contributed by atoms with van der Waals surface area (Å²) < 4.78 is 0. The Balaban J connectivity index is 1.78. The lowest BCUT2D eigenvalue weighted by Gasteiger charge is -2.35. The Kier molecular flexibility index (Phi) is 4.02. The molecule has 2 fully saturated rings. The first kappa shape index (κ1) is 12.4. The fraction of sp³-hybridized carbons (Fsp3) is 0.846. The van der Waals surface area contributed by atoms with Crippen molar-refractivity contribution in [1.82, 2.24) is 10.2 Å². The monoisotopic (exact) mass is 238 g/mol. The van der Waals surface area contributed by atoms with Gasteiger partial charge in [0.05, 0.1) is 6.54 Å². The van der Waals surface area contributed by atoms with E-state index < -0.39 is 0 Å². The minimum atomic E-state index is 0.0587. The number of nitrogens with zero attached hydrogens (tertiary/aromatic N) is 1. The molecular formula is C13H22N2O2. The predicted molar refractivity (Wildman–Crippen MR) is 65.4 cm³/mol. The maximum absolute atomic E-state index is 12.0. The number of carbonyl (C=O) groups is 2. The van der Waals surface area contributed by atoms with E-state index in [0.29, 0.717) is 6.04 Å². The normalized spacial score (nSPS) is 24.5. The minimum absolute atomic E-state index is 0.0587. The molecule has 0 aromatic rings. The predicted octanol–water partition coefficient (Wildman–Crippen LogP) is 1.30. The van der Waals surface area contributed by atoms with Crippen molar-refractivity contribution in [2.75, 3.05) is 13.1 Å². The third kappa shape index (κ3) is 3.20. The van der Waals surface area contributed by atoms with Gasteiger partial charge in [-0.1, -0.05) is 6.92 Å². The van der Waals surface area contributed by atoms with Crippen LogP contribution in [0.25, 0.3) is 0 Å². The van der Waals surface area contributed by atoms with Gasteiger partial charge in [0.1, 0.15) is 0 Å². The van der Waals surface area contributed by atoms with E-state index in [0.717, 1.165) is 38.6 Å². The molecule has 0 aromatic heterocycles. The van der Waals surface area contributed by atoms with E-state index in [1.807, 2.05) is 4.90 Å². The topological polar surface area (TPSA) is 49.4 Å². The molecule has 0 bridgehead atoms. The zero-order valence-electron chi connectivity index (χ0n) is 10.6. The Morgan fingerprint density at radius 1 is 1.24 bits per heavy atom. The molecule has 1 aliphatic heterocycles. The lowest BCUT2D eigenvalue weighted by Crippen LogP contribution is -2.47. The van der Waals surface area contributed by atoms with Gasteiger partial charge in [-0.3, -0.25) is 9.59 Å². The minimum Gasteiger partial charge on any atom is -0.347 e. The third-order valence-corrected chi connectivity index (χ3v) is 3.78. The highest BCUT2D eigenvalue weighted by atomic mass is 16.2. The maximum atomic E-state index is 12.0. The quantitative estimate of drug-likeness (QED) is 0.802. The Labute approximate surface area is 103 Å². The van der Waals surface area contributed by atoms with Gasteiger partial charge in [-0.25, -0.2) is 0 Å². The van der Waals surface area contributed by atoms with Crippen molar-refractivity contribution < 1.29 is 9.59 Å². The molecule has 1 aliphatic carbocycles. The van der Waals surface area contributed by atoms with Gasteiger partial charge in [0, 0.05) is 18.5 Å². The molecule has 1 heterocycles. The Hall–Kier alpha value is -1.06. The smallest absolute Gasteiger partial charge is 0.242 e. The van der Waals surface area contributed by atoms with Crippen molar-refractivity contribution in [3.63, 3.8) is 0 Å².